The van der Waals surface area contributed by atoms with Crippen molar-refractivity contribution in [2.45, 2.75) is 10.3 Å². The van der Waals surface area contributed by atoms with Crippen LogP contribution in [-0.4, -0.2) is 39.5 Å². The van der Waals surface area contributed by atoms with E-state index in [0.717, 1.165) is 0 Å². The molecule has 0 aromatic carbocycles. The van der Waals surface area contributed by atoms with E-state index in [1.165, 1.54) is 18.0 Å². The minimum Gasteiger partial charge on any atom is -0.476 e. The van der Waals surface area contributed by atoms with Gasteiger partial charge in [-0.2, -0.15) is 0 Å². The maximum Gasteiger partial charge on any atom is 0.356 e. The van der Waals surface area contributed by atoms with Gasteiger partial charge in [0.25, 0.3) is 0 Å². The summed E-state index contributed by atoms with van der Waals surface area (Å²) in [7, 11) is 0. The zero-order chi connectivity index (χ0) is 9.97. The van der Waals surface area contributed by atoms with E-state index < -0.39 is 5.97 Å². The van der Waals surface area contributed by atoms with Crippen molar-refractivity contribution in [2.24, 2.45) is 0 Å². The quantitative estimate of drug-likeness (QED) is 0.793. The second kappa shape index (κ2) is 3.93. The first-order valence-electron chi connectivity index (χ1n) is 4.05. The van der Waals surface area contributed by atoms with Crippen molar-refractivity contribution >= 4 is 17.7 Å². The number of ether oxygens (including phenoxy) is 1. The Labute approximate surface area is 84.5 Å². The number of rotatable bonds is 3. The zero-order valence-corrected chi connectivity index (χ0v) is 8.03. The molecule has 0 bridgehead atoms. The van der Waals surface area contributed by atoms with Gasteiger partial charge in [-0.05, 0) is 0 Å². The smallest absolute Gasteiger partial charge is 0.356 e. The first kappa shape index (κ1) is 9.42. The van der Waals surface area contributed by atoms with E-state index >= 15 is 0 Å². The molecule has 1 aliphatic rings. The van der Waals surface area contributed by atoms with Crippen LogP contribution < -0.4 is 0 Å². The molecule has 0 unspecified atom stereocenters. The van der Waals surface area contributed by atoms with Gasteiger partial charge in [0.05, 0.1) is 30.9 Å². The van der Waals surface area contributed by atoms with Gasteiger partial charge >= 0.3 is 5.97 Å². The normalized spacial score (nSPS) is 16.3. The van der Waals surface area contributed by atoms with Crippen molar-refractivity contribution < 1.29 is 14.6 Å². The maximum absolute atomic E-state index is 10.6. The molecule has 74 valence electrons. The van der Waals surface area contributed by atoms with Gasteiger partial charge in [-0.1, -0.05) is 11.8 Å². The maximum atomic E-state index is 10.6. The number of nitrogens with zero attached hydrogens (tertiary/aromatic N) is 2. The molecule has 1 fully saturated rings. The van der Waals surface area contributed by atoms with Gasteiger partial charge in [0, 0.05) is 0 Å². The van der Waals surface area contributed by atoms with Gasteiger partial charge in [-0.25, -0.2) is 9.78 Å². The van der Waals surface area contributed by atoms with Crippen LogP contribution in [-0.2, 0) is 4.74 Å². The highest BCUT2D eigenvalue weighted by Gasteiger charge is 2.20. The third kappa shape index (κ3) is 2.02. The van der Waals surface area contributed by atoms with Crippen LogP contribution in [0.3, 0.4) is 0 Å². The predicted molar refractivity (Wildman–Crippen MR) is 49.5 cm³/mol. The monoisotopic (exact) mass is 212 g/mol. The fourth-order valence-corrected chi connectivity index (χ4v) is 1.90. The summed E-state index contributed by atoms with van der Waals surface area (Å²) >= 11 is 1.50. The van der Waals surface area contributed by atoms with Crippen LogP contribution in [0.1, 0.15) is 10.5 Å². The van der Waals surface area contributed by atoms with Crippen molar-refractivity contribution in [1.82, 2.24) is 9.97 Å². The molecule has 2 heterocycles. The molecule has 6 heteroatoms. The third-order valence-electron chi connectivity index (χ3n) is 1.73. The summed E-state index contributed by atoms with van der Waals surface area (Å²) in [6.07, 6.45) is 2.80. The molecule has 2 rings (SSSR count). The Bertz CT molecular complexity index is 354. The molecule has 0 atom stereocenters. The Morgan fingerprint density at radius 3 is 2.93 bits per heavy atom. The molecule has 1 aliphatic heterocycles. The Morgan fingerprint density at radius 2 is 2.36 bits per heavy atom. The van der Waals surface area contributed by atoms with Crippen LogP contribution in [0.15, 0.2) is 17.4 Å². The van der Waals surface area contributed by atoms with Crippen LogP contribution in [0.5, 0.6) is 0 Å². The molecule has 0 radical (unpaired) electrons. The molecule has 0 aliphatic carbocycles. The number of aromatic carboxylic acids is 1. The summed E-state index contributed by atoms with van der Waals surface area (Å²) in [5.74, 6) is -1.05. The van der Waals surface area contributed by atoms with E-state index in [9.17, 15) is 4.79 Å². The van der Waals surface area contributed by atoms with E-state index in [1.807, 2.05) is 0 Å². The van der Waals surface area contributed by atoms with Gasteiger partial charge in [-0.3, -0.25) is 4.98 Å². The molecular formula is C8H8N2O3S. The molecule has 14 heavy (non-hydrogen) atoms. The molecule has 0 saturated carbocycles. The van der Waals surface area contributed by atoms with Crippen LogP contribution in [0.25, 0.3) is 0 Å². The van der Waals surface area contributed by atoms with E-state index in [4.69, 9.17) is 9.84 Å². The molecule has 1 N–H and O–H groups in total. The third-order valence-corrected chi connectivity index (χ3v) is 2.77. The second-order valence-corrected chi connectivity index (χ2v) is 4.15. The van der Waals surface area contributed by atoms with Crippen molar-refractivity contribution in [3.8, 4) is 0 Å². The number of carboxylic acids is 1. The first-order chi connectivity index (χ1) is 6.75. The second-order valence-electron chi connectivity index (χ2n) is 2.83. The van der Waals surface area contributed by atoms with Gasteiger partial charge in [0.2, 0.25) is 0 Å². The first-order valence-corrected chi connectivity index (χ1v) is 4.93. The predicted octanol–water partition coefficient (Wildman–Crippen LogP) is 0.666. The average Bonchev–Trinajstić information content (AvgIpc) is 2.12. The lowest BCUT2D eigenvalue weighted by Crippen LogP contribution is -2.30. The molecule has 5 nitrogen and oxygen atoms in total. The Kier molecular flexibility index (Phi) is 2.64. The minimum absolute atomic E-state index is 0.0183. The number of thioether (sulfide) groups is 1. The number of carbonyl (C=O) groups is 1. The summed E-state index contributed by atoms with van der Waals surface area (Å²) in [5, 5.41) is 9.70. The SMILES string of the molecule is O=C(O)c1cncc(SC2COC2)n1. The van der Waals surface area contributed by atoms with Crippen molar-refractivity contribution in [1.29, 1.82) is 0 Å². The van der Waals surface area contributed by atoms with Crippen LogP contribution in [0.4, 0.5) is 0 Å². The van der Waals surface area contributed by atoms with Crippen molar-refractivity contribution in [2.75, 3.05) is 13.2 Å². The van der Waals surface area contributed by atoms with Gasteiger partial charge < -0.3 is 9.84 Å². The lowest BCUT2D eigenvalue weighted by molar-refractivity contribution is 0.0454. The minimum atomic E-state index is -1.05. The number of hydrogen-bond donors (Lipinski definition) is 1. The summed E-state index contributed by atoms with van der Waals surface area (Å²) in [6, 6.07) is 0. The lowest BCUT2D eigenvalue weighted by atomic mass is 10.4. The summed E-state index contributed by atoms with van der Waals surface area (Å²) in [4.78, 5) is 18.3. The van der Waals surface area contributed by atoms with Gasteiger partial charge in [0.1, 0.15) is 5.03 Å². The van der Waals surface area contributed by atoms with Crippen LogP contribution in [0.2, 0.25) is 0 Å². The summed E-state index contributed by atoms with van der Waals surface area (Å²) < 4.78 is 5.00. The van der Waals surface area contributed by atoms with Crippen molar-refractivity contribution in [3.05, 3.63) is 18.1 Å². The molecule has 0 amide bonds. The highest BCUT2D eigenvalue weighted by atomic mass is 32.2. The van der Waals surface area contributed by atoms with E-state index in [-0.39, 0.29) is 5.69 Å². The highest BCUT2D eigenvalue weighted by Crippen LogP contribution is 2.25. The topological polar surface area (TPSA) is 72.3 Å². The standard InChI is InChI=1S/C8H8N2O3S/c11-8(12)6-1-9-2-7(10-6)14-5-3-13-4-5/h1-2,5H,3-4H2,(H,11,12). The fraction of sp³-hybridized carbons (Fsp3) is 0.375. The molecule has 1 aromatic rings. The molecule has 1 saturated heterocycles. The molecule has 1 aromatic heterocycles. The Hall–Kier alpha value is -1.14. The van der Waals surface area contributed by atoms with Crippen LogP contribution in [0, 0.1) is 0 Å². The van der Waals surface area contributed by atoms with Gasteiger partial charge in [-0.15, -0.1) is 0 Å². The number of hydrogen-bond acceptors (Lipinski definition) is 5. The van der Waals surface area contributed by atoms with E-state index in [0.29, 0.717) is 23.5 Å². The van der Waals surface area contributed by atoms with E-state index in [1.54, 1.807) is 6.20 Å². The fourth-order valence-electron chi connectivity index (χ4n) is 0.961. The summed E-state index contributed by atoms with van der Waals surface area (Å²) in [6.45, 7) is 1.40. The lowest BCUT2D eigenvalue weighted by Gasteiger charge is -2.24. The Morgan fingerprint density at radius 1 is 1.57 bits per heavy atom. The number of aromatic nitrogens is 2. The average molecular weight is 212 g/mol. The molecule has 0 spiro atoms. The number of carboxylic acid groups (broad SMARTS) is 1. The highest BCUT2D eigenvalue weighted by molar-refractivity contribution is 8.00. The van der Waals surface area contributed by atoms with Crippen molar-refractivity contribution in [3.63, 3.8) is 0 Å². The molecular weight excluding hydrogens is 204 g/mol. The largest absolute Gasteiger partial charge is 0.476 e. The zero-order valence-electron chi connectivity index (χ0n) is 7.21. The van der Waals surface area contributed by atoms with Gasteiger partial charge in [0.15, 0.2) is 5.69 Å². The summed E-state index contributed by atoms with van der Waals surface area (Å²) in [5.41, 5.74) is -0.0183. The van der Waals surface area contributed by atoms with Crippen LogP contribution >= 0.6 is 11.8 Å². The van der Waals surface area contributed by atoms with E-state index in [2.05, 4.69) is 9.97 Å². The Balaban J connectivity index is 2.09.